The van der Waals surface area contributed by atoms with Crippen molar-refractivity contribution < 1.29 is 19.4 Å². The third kappa shape index (κ3) is 4.55. The summed E-state index contributed by atoms with van der Waals surface area (Å²) in [5.74, 6) is 1.04. The molecule has 5 nitrogen and oxygen atoms in total. The number of para-hydroxylation sites is 1. The molecule has 2 aromatic rings. The number of benzene rings is 2. The first-order valence-electron chi connectivity index (χ1n) is 8.66. The van der Waals surface area contributed by atoms with Gasteiger partial charge >= 0.3 is 6.09 Å². The summed E-state index contributed by atoms with van der Waals surface area (Å²) in [6, 6.07) is 14.3. The lowest BCUT2D eigenvalue weighted by Gasteiger charge is -2.29. The molecule has 5 heteroatoms. The van der Waals surface area contributed by atoms with E-state index < -0.39 is 11.7 Å². The fraction of sp³-hybridized carbons (Fsp3) is 0.381. The maximum absolute atomic E-state index is 11.9. The summed E-state index contributed by atoms with van der Waals surface area (Å²) in [7, 11) is 1.58. The average Bonchev–Trinajstić information content (AvgIpc) is 2.60. The number of rotatable bonds is 5. The van der Waals surface area contributed by atoms with Gasteiger partial charge in [0.05, 0.1) is 7.11 Å². The van der Waals surface area contributed by atoms with Crippen LogP contribution in [-0.4, -0.2) is 23.8 Å². The standard InChI is InChI=1S/C21H27NO4/c1-6-21(24,17-9-7-8-10-18(17)25-5)15-11-13-16(14-12-15)26-19(23)22-20(2,3)4/h7-14,24H,6H2,1-5H3,(H,22,23). The molecule has 140 valence electrons. The van der Waals surface area contributed by atoms with Crippen LogP contribution in [0.1, 0.15) is 45.2 Å². The first-order valence-corrected chi connectivity index (χ1v) is 8.66. The van der Waals surface area contributed by atoms with Crippen LogP contribution in [0.4, 0.5) is 4.79 Å². The molecule has 0 aliphatic rings. The van der Waals surface area contributed by atoms with Crippen molar-refractivity contribution in [3.63, 3.8) is 0 Å². The van der Waals surface area contributed by atoms with Gasteiger partial charge in [0.15, 0.2) is 0 Å². The van der Waals surface area contributed by atoms with Crippen molar-refractivity contribution in [1.82, 2.24) is 5.32 Å². The summed E-state index contributed by atoms with van der Waals surface area (Å²) < 4.78 is 10.7. The Labute approximate surface area is 155 Å². The smallest absolute Gasteiger partial charge is 0.413 e. The number of ether oxygens (including phenoxy) is 2. The fourth-order valence-electron chi connectivity index (χ4n) is 2.77. The molecule has 0 fully saturated rings. The quantitative estimate of drug-likeness (QED) is 0.840. The number of hydrogen-bond acceptors (Lipinski definition) is 4. The van der Waals surface area contributed by atoms with E-state index in [1.54, 1.807) is 31.4 Å². The fourth-order valence-corrected chi connectivity index (χ4v) is 2.77. The van der Waals surface area contributed by atoms with Crippen molar-refractivity contribution in [3.05, 3.63) is 59.7 Å². The van der Waals surface area contributed by atoms with Crippen LogP contribution in [0.2, 0.25) is 0 Å². The third-order valence-electron chi connectivity index (χ3n) is 4.08. The van der Waals surface area contributed by atoms with Gasteiger partial charge in [0.2, 0.25) is 0 Å². The minimum Gasteiger partial charge on any atom is -0.496 e. The minimum absolute atomic E-state index is 0.372. The molecule has 2 N–H and O–H groups in total. The van der Waals surface area contributed by atoms with E-state index in [-0.39, 0.29) is 5.54 Å². The zero-order valence-corrected chi connectivity index (χ0v) is 16.0. The third-order valence-corrected chi connectivity index (χ3v) is 4.08. The van der Waals surface area contributed by atoms with Gasteiger partial charge in [0, 0.05) is 11.1 Å². The molecule has 0 radical (unpaired) electrons. The Hall–Kier alpha value is -2.53. The summed E-state index contributed by atoms with van der Waals surface area (Å²) in [5.41, 5.74) is -0.167. The second-order valence-electron chi connectivity index (χ2n) is 7.20. The summed E-state index contributed by atoms with van der Waals surface area (Å²) >= 11 is 0. The molecule has 1 amide bonds. The number of carbonyl (C=O) groups excluding carboxylic acids is 1. The average molecular weight is 357 g/mol. The molecule has 0 aliphatic heterocycles. The van der Waals surface area contributed by atoms with Crippen molar-refractivity contribution in [1.29, 1.82) is 0 Å². The molecule has 1 unspecified atom stereocenters. The van der Waals surface area contributed by atoms with Crippen molar-refractivity contribution in [2.24, 2.45) is 0 Å². The van der Waals surface area contributed by atoms with Crippen LogP contribution in [0.3, 0.4) is 0 Å². The highest BCUT2D eigenvalue weighted by Crippen LogP contribution is 2.38. The predicted octanol–water partition coefficient (Wildman–Crippen LogP) is 4.23. The Kier molecular flexibility index (Phi) is 5.93. The predicted molar refractivity (Wildman–Crippen MR) is 102 cm³/mol. The van der Waals surface area contributed by atoms with Gasteiger partial charge in [-0.3, -0.25) is 0 Å². The molecule has 0 heterocycles. The monoisotopic (exact) mass is 357 g/mol. The van der Waals surface area contributed by atoms with E-state index in [4.69, 9.17) is 9.47 Å². The molecule has 2 aromatic carbocycles. The van der Waals surface area contributed by atoms with Crippen molar-refractivity contribution >= 4 is 6.09 Å². The lowest BCUT2D eigenvalue weighted by molar-refractivity contribution is 0.0736. The van der Waals surface area contributed by atoms with Crippen molar-refractivity contribution in [2.45, 2.75) is 45.3 Å². The second kappa shape index (κ2) is 7.79. The van der Waals surface area contributed by atoms with Gasteiger partial charge in [-0.1, -0.05) is 37.3 Å². The molecule has 0 saturated heterocycles. The largest absolute Gasteiger partial charge is 0.496 e. The van der Waals surface area contributed by atoms with E-state index in [2.05, 4.69) is 5.32 Å². The summed E-state index contributed by atoms with van der Waals surface area (Å²) in [4.78, 5) is 11.9. The van der Waals surface area contributed by atoms with Gasteiger partial charge in [-0.2, -0.15) is 0 Å². The van der Waals surface area contributed by atoms with Gasteiger partial charge in [-0.25, -0.2) is 4.79 Å². The minimum atomic E-state index is -1.20. The van der Waals surface area contributed by atoms with Crippen molar-refractivity contribution in [3.8, 4) is 11.5 Å². The van der Waals surface area contributed by atoms with Gasteiger partial charge in [-0.05, 0) is 51.0 Å². The van der Waals surface area contributed by atoms with E-state index in [0.717, 1.165) is 0 Å². The first kappa shape index (κ1) is 19.8. The number of amides is 1. The summed E-state index contributed by atoms with van der Waals surface area (Å²) in [6.45, 7) is 7.55. The van der Waals surface area contributed by atoms with Gasteiger partial charge in [0.25, 0.3) is 0 Å². The topological polar surface area (TPSA) is 67.8 Å². The number of nitrogens with one attached hydrogen (secondary N) is 1. The Bertz CT molecular complexity index is 749. The Morgan fingerprint density at radius 2 is 1.69 bits per heavy atom. The highest BCUT2D eigenvalue weighted by molar-refractivity contribution is 5.71. The van der Waals surface area contributed by atoms with Crippen LogP contribution in [0, 0.1) is 0 Å². The van der Waals surface area contributed by atoms with E-state index >= 15 is 0 Å². The Morgan fingerprint density at radius 3 is 2.23 bits per heavy atom. The Balaban J connectivity index is 2.26. The highest BCUT2D eigenvalue weighted by Gasteiger charge is 2.32. The normalized spacial score (nSPS) is 13.6. The van der Waals surface area contributed by atoms with E-state index in [1.165, 1.54) is 0 Å². The molecule has 0 aromatic heterocycles. The highest BCUT2D eigenvalue weighted by atomic mass is 16.6. The maximum Gasteiger partial charge on any atom is 0.413 e. The number of methoxy groups -OCH3 is 1. The van der Waals surface area contributed by atoms with Gasteiger partial charge < -0.3 is 19.9 Å². The number of aliphatic hydroxyl groups is 1. The zero-order valence-electron chi connectivity index (χ0n) is 16.0. The molecule has 0 spiro atoms. The van der Waals surface area contributed by atoms with Crippen molar-refractivity contribution in [2.75, 3.05) is 7.11 Å². The molecular weight excluding hydrogens is 330 g/mol. The lowest BCUT2D eigenvalue weighted by atomic mass is 9.83. The van der Waals surface area contributed by atoms with Crippen LogP contribution in [0.25, 0.3) is 0 Å². The molecular formula is C21H27NO4. The molecule has 0 aliphatic carbocycles. The SMILES string of the molecule is CCC(O)(c1ccc(OC(=O)NC(C)(C)C)cc1)c1ccccc1OC. The first-order chi connectivity index (χ1) is 12.2. The number of carbonyl (C=O) groups is 1. The van der Waals surface area contributed by atoms with Crippen LogP contribution in [-0.2, 0) is 5.60 Å². The number of hydrogen-bond donors (Lipinski definition) is 2. The Morgan fingerprint density at radius 1 is 1.08 bits per heavy atom. The van der Waals surface area contributed by atoms with Gasteiger partial charge in [-0.15, -0.1) is 0 Å². The van der Waals surface area contributed by atoms with E-state index in [9.17, 15) is 9.90 Å². The molecule has 26 heavy (non-hydrogen) atoms. The summed E-state index contributed by atoms with van der Waals surface area (Å²) in [5, 5.41) is 14.0. The van der Waals surface area contributed by atoms with Crippen LogP contribution in [0.15, 0.2) is 48.5 Å². The molecule has 0 saturated carbocycles. The van der Waals surface area contributed by atoms with Gasteiger partial charge in [0.1, 0.15) is 17.1 Å². The maximum atomic E-state index is 11.9. The molecule has 1 atom stereocenters. The zero-order chi connectivity index (χ0) is 19.4. The van der Waals surface area contributed by atoms with E-state index in [0.29, 0.717) is 29.0 Å². The second-order valence-corrected chi connectivity index (χ2v) is 7.20. The summed E-state index contributed by atoms with van der Waals surface area (Å²) in [6.07, 6.45) is -0.0429. The van der Waals surface area contributed by atoms with Crippen LogP contribution >= 0.6 is 0 Å². The van der Waals surface area contributed by atoms with E-state index in [1.807, 2.05) is 52.0 Å². The lowest BCUT2D eigenvalue weighted by Crippen LogP contribution is -2.42. The molecule has 2 rings (SSSR count). The molecule has 0 bridgehead atoms. The van der Waals surface area contributed by atoms with Crippen LogP contribution < -0.4 is 14.8 Å². The van der Waals surface area contributed by atoms with Crippen LogP contribution in [0.5, 0.6) is 11.5 Å².